The Morgan fingerprint density at radius 3 is 2.67 bits per heavy atom. The fraction of sp³-hybridized carbons (Fsp3) is 0.562. The van der Waals surface area contributed by atoms with Crippen LogP contribution in [0.1, 0.15) is 24.8 Å². The number of amides is 1. The van der Waals surface area contributed by atoms with Gasteiger partial charge >= 0.3 is 0 Å². The molecule has 0 aliphatic carbocycles. The van der Waals surface area contributed by atoms with E-state index in [1.807, 2.05) is 36.0 Å². The minimum Gasteiger partial charge on any atom is -0.399 e. The smallest absolute Gasteiger partial charge is 0.220 e. The number of carbonyl (C=O) groups is 1. The second kappa shape index (κ2) is 8.29. The molecule has 0 aromatic heterocycles. The Bertz CT molecular complexity index is 443. The van der Waals surface area contributed by atoms with Gasteiger partial charge in [-0.3, -0.25) is 9.69 Å². The molecule has 5 heteroatoms. The van der Waals surface area contributed by atoms with Gasteiger partial charge in [-0.15, -0.1) is 0 Å². The van der Waals surface area contributed by atoms with Crippen molar-refractivity contribution in [3.8, 4) is 0 Å². The molecule has 3 N–H and O–H groups in total. The van der Waals surface area contributed by atoms with Gasteiger partial charge in [-0.1, -0.05) is 19.1 Å². The molecule has 0 saturated carbocycles. The summed E-state index contributed by atoms with van der Waals surface area (Å²) in [6, 6.07) is 7.77. The summed E-state index contributed by atoms with van der Waals surface area (Å²) in [5.41, 5.74) is 7.60. The maximum Gasteiger partial charge on any atom is 0.220 e. The first-order valence-corrected chi connectivity index (χ1v) is 8.73. The molecule has 1 aliphatic rings. The molecule has 1 aromatic rings. The first-order valence-electron chi connectivity index (χ1n) is 7.57. The first-order chi connectivity index (χ1) is 10.1. The highest BCUT2D eigenvalue weighted by Gasteiger charge is 2.13. The van der Waals surface area contributed by atoms with Gasteiger partial charge in [-0.25, -0.2) is 0 Å². The Morgan fingerprint density at radius 2 is 2.00 bits per heavy atom. The van der Waals surface area contributed by atoms with Crippen LogP contribution in [0.25, 0.3) is 0 Å². The normalized spacial score (nSPS) is 17.4. The molecule has 1 saturated heterocycles. The van der Waals surface area contributed by atoms with Gasteiger partial charge in [0, 0.05) is 49.8 Å². The first kappa shape index (κ1) is 16.2. The number of nitrogens with zero attached hydrogens (tertiary/aromatic N) is 1. The summed E-state index contributed by atoms with van der Waals surface area (Å²) in [7, 11) is 0. The number of nitrogens with one attached hydrogen (secondary N) is 1. The van der Waals surface area contributed by atoms with E-state index in [1.165, 1.54) is 11.5 Å². The molecule has 1 fully saturated rings. The Hall–Kier alpha value is -1.20. The van der Waals surface area contributed by atoms with Crippen molar-refractivity contribution in [2.24, 2.45) is 0 Å². The van der Waals surface area contributed by atoms with Crippen molar-refractivity contribution in [3.05, 3.63) is 29.8 Å². The molecule has 1 amide bonds. The van der Waals surface area contributed by atoms with Crippen molar-refractivity contribution >= 4 is 23.4 Å². The van der Waals surface area contributed by atoms with E-state index in [0.717, 1.165) is 37.4 Å². The van der Waals surface area contributed by atoms with Crippen LogP contribution in [0.15, 0.2) is 24.3 Å². The van der Waals surface area contributed by atoms with Gasteiger partial charge in [-0.2, -0.15) is 11.8 Å². The van der Waals surface area contributed by atoms with Crippen molar-refractivity contribution in [2.75, 3.05) is 43.4 Å². The molecule has 0 bridgehead atoms. The zero-order chi connectivity index (χ0) is 15.1. The summed E-state index contributed by atoms with van der Waals surface area (Å²) in [5.74, 6) is 2.77. The van der Waals surface area contributed by atoms with E-state index < -0.39 is 0 Å². The van der Waals surface area contributed by atoms with E-state index in [2.05, 4.69) is 17.1 Å². The van der Waals surface area contributed by atoms with E-state index in [1.54, 1.807) is 0 Å². The molecule has 0 radical (unpaired) electrons. The molecule has 1 unspecified atom stereocenters. The SMILES string of the molecule is CC(CC(=O)NCCN1CCSCC1)c1ccc(N)cc1. The van der Waals surface area contributed by atoms with Crippen LogP contribution in [-0.2, 0) is 4.79 Å². The highest BCUT2D eigenvalue weighted by Crippen LogP contribution is 2.19. The van der Waals surface area contributed by atoms with Crippen LogP contribution in [0.3, 0.4) is 0 Å². The summed E-state index contributed by atoms with van der Waals surface area (Å²) < 4.78 is 0. The standard InChI is InChI=1S/C16H25N3OS/c1-13(14-2-4-15(17)5-3-14)12-16(20)18-6-7-19-8-10-21-11-9-19/h2-5,13H,6-12,17H2,1H3,(H,18,20). The van der Waals surface area contributed by atoms with Crippen molar-refractivity contribution < 1.29 is 4.79 Å². The number of rotatable bonds is 6. The highest BCUT2D eigenvalue weighted by atomic mass is 32.2. The van der Waals surface area contributed by atoms with E-state index in [-0.39, 0.29) is 11.8 Å². The van der Waals surface area contributed by atoms with Crippen LogP contribution in [0.5, 0.6) is 0 Å². The third kappa shape index (κ3) is 5.59. The van der Waals surface area contributed by atoms with Crippen LogP contribution in [0.2, 0.25) is 0 Å². The van der Waals surface area contributed by atoms with Crippen LogP contribution >= 0.6 is 11.8 Å². The zero-order valence-corrected chi connectivity index (χ0v) is 13.5. The third-order valence-electron chi connectivity index (χ3n) is 3.85. The summed E-state index contributed by atoms with van der Waals surface area (Å²) in [4.78, 5) is 14.4. The van der Waals surface area contributed by atoms with Gasteiger partial charge in [0.1, 0.15) is 0 Å². The second-order valence-corrected chi connectivity index (χ2v) is 6.80. The summed E-state index contributed by atoms with van der Waals surface area (Å²) in [6.07, 6.45) is 0.528. The zero-order valence-electron chi connectivity index (χ0n) is 12.7. The maximum atomic E-state index is 12.0. The number of thioether (sulfide) groups is 1. The highest BCUT2D eigenvalue weighted by molar-refractivity contribution is 7.99. The van der Waals surface area contributed by atoms with Crippen LogP contribution < -0.4 is 11.1 Å². The van der Waals surface area contributed by atoms with E-state index in [0.29, 0.717) is 6.42 Å². The Kier molecular flexibility index (Phi) is 6.39. The molecule has 116 valence electrons. The maximum absolute atomic E-state index is 12.0. The lowest BCUT2D eigenvalue weighted by Crippen LogP contribution is -2.39. The Morgan fingerprint density at radius 1 is 1.33 bits per heavy atom. The number of hydrogen-bond acceptors (Lipinski definition) is 4. The molecule has 1 aliphatic heterocycles. The van der Waals surface area contributed by atoms with Crippen LogP contribution in [-0.4, -0.2) is 48.5 Å². The van der Waals surface area contributed by atoms with Crippen LogP contribution in [0.4, 0.5) is 5.69 Å². The van der Waals surface area contributed by atoms with Crippen LogP contribution in [0, 0.1) is 0 Å². The number of nitrogens with two attached hydrogens (primary N) is 1. The number of anilines is 1. The summed E-state index contributed by atoms with van der Waals surface area (Å²) >= 11 is 2.01. The Balaban J connectivity index is 1.67. The van der Waals surface area contributed by atoms with E-state index >= 15 is 0 Å². The van der Waals surface area contributed by atoms with E-state index in [9.17, 15) is 4.79 Å². The van der Waals surface area contributed by atoms with Gasteiger partial charge in [-0.05, 0) is 23.6 Å². The molecule has 1 atom stereocenters. The predicted octanol–water partition coefficient (Wildman–Crippen LogP) is 1.93. The average molecular weight is 307 g/mol. The van der Waals surface area contributed by atoms with Gasteiger partial charge in [0.15, 0.2) is 0 Å². The minimum absolute atomic E-state index is 0.130. The van der Waals surface area contributed by atoms with Gasteiger partial charge in [0.05, 0.1) is 0 Å². The molecule has 21 heavy (non-hydrogen) atoms. The lowest BCUT2D eigenvalue weighted by molar-refractivity contribution is -0.121. The number of benzene rings is 1. The molecule has 0 spiro atoms. The van der Waals surface area contributed by atoms with Gasteiger partial charge in [0.2, 0.25) is 5.91 Å². The van der Waals surface area contributed by atoms with Crippen molar-refractivity contribution in [3.63, 3.8) is 0 Å². The lowest BCUT2D eigenvalue weighted by atomic mass is 9.97. The Labute approximate surface area is 131 Å². The summed E-state index contributed by atoms with van der Waals surface area (Å²) in [5, 5.41) is 3.03. The number of nitrogen functional groups attached to an aromatic ring is 1. The molecule has 2 rings (SSSR count). The third-order valence-corrected chi connectivity index (χ3v) is 4.79. The molecule has 1 aromatic carbocycles. The summed E-state index contributed by atoms with van der Waals surface area (Å²) in [6.45, 7) is 6.07. The van der Waals surface area contributed by atoms with Crippen molar-refractivity contribution in [2.45, 2.75) is 19.3 Å². The molecular formula is C16H25N3OS. The fourth-order valence-electron chi connectivity index (χ4n) is 2.47. The monoisotopic (exact) mass is 307 g/mol. The van der Waals surface area contributed by atoms with E-state index in [4.69, 9.17) is 5.73 Å². The molecule has 1 heterocycles. The fourth-order valence-corrected chi connectivity index (χ4v) is 3.45. The van der Waals surface area contributed by atoms with Crippen molar-refractivity contribution in [1.82, 2.24) is 10.2 Å². The average Bonchev–Trinajstić information content (AvgIpc) is 2.49. The molecule has 4 nitrogen and oxygen atoms in total. The molecular weight excluding hydrogens is 282 g/mol. The predicted molar refractivity (Wildman–Crippen MR) is 90.7 cm³/mol. The topological polar surface area (TPSA) is 58.4 Å². The van der Waals surface area contributed by atoms with Crippen molar-refractivity contribution in [1.29, 1.82) is 0 Å². The van der Waals surface area contributed by atoms with Gasteiger partial charge in [0.25, 0.3) is 0 Å². The van der Waals surface area contributed by atoms with Gasteiger partial charge < -0.3 is 11.1 Å². The number of hydrogen-bond donors (Lipinski definition) is 2. The quantitative estimate of drug-likeness (QED) is 0.789. The largest absolute Gasteiger partial charge is 0.399 e. The lowest BCUT2D eigenvalue weighted by Gasteiger charge is -2.26. The minimum atomic E-state index is 0.130. The second-order valence-electron chi connectivity index (χ2n) is 5.58. The number of carbonyl (C=O) groups excluding carboxylic acids is 1.